The number of rotatable bonds is 8. The van der Waals surface area contributed by atoms with Gasteiger partial charge in [0.05, 0.1) is 6.61 Å². The number of unbranched alkanes of at least 4 members (excludes halogenated alkanes) is 1. The Morgan fingerprint density at radius 2 is 1.89 bits per heavy atom. The maximum atomic E-state index is 9.08. The van der Waals surface area contributed by atoms with E-state index in [1.54, 1.807) is 0 Å². The van der Waals surface area contributed by atoms with Crippen LogP contribution in [0.5, 0.6) is 0 Å². The Morgan fingerprint density at radius 1 is 1.21 bits per heavy atom. The van der Waals surface area contributed by atoms with Gasteiger partial charge in [-0.25, -0.2) is 9.97 Å². The van der Waals surface area contributed by atoms with Crippen molar-refractivity contribution in [3.63, 3.8) is 0 Å². The van der Waals surface area contributed by atoms with Gasteiger partial charge in [-0.05, 0) is 13.3 Å². The summed E-state index contributed by atoms with van der Waals surface area (Å²) in [7, 11) is 1.99. The summed E-state index contributed by atoms with van der Waals surface area (Å²) in [5.74, 6) is 1.46. The molecule has 0 bridgehead atoms. The van der Waals surface area contributed by atoms with Crippen LogP contribution < -0.4 is 15.5 Å². The molecule has 0 unspecified atom stereocenters. The number of nitrogens with zero attached hydrogens (tertiary/aromatic N) is 4. The van der Waals surface area contributed by atoms with Crippen molar-refractivity contribution in [3.05, 3.63) is 6.33 Å². The lowest BCUT2D eigenvalue weighted by molar-refractivity contribution is 0.302. The smallest absolute Gasteiger partial charge is 0.157 e. The molecular formula is C13H25N5O. The molecule has 0 amide bonds. The third-order valence-corrected chi connectivity index (χ3v) is 3.10. The summed E-state index contributed by atoms with van der Waals surface area (Å²) in [6, 6.07) is 0. The quantitative estimate of drug-likeness (QED) is 0.734. The maximum absolute atomic E-state index is 9.08. The lowest BCUT2D eigenvalue weighted by Crippen LogP contribution is -2.29. The highest BCUT2D eigenvalue weighted by atomic mass is 16.3. The summed E-state index contributed by atoms with van der Waals surface area (Å²) in [5, 5.41) is 9.08. The Bertz CT molecular complexity index is 385. The fraction of sp³-hybridized carbons (Fsp3) is 0.692. The molecule has 0 spiro atoms. The summed E-state index contributed by atoms with van der Waals surface area (Å²) >= 11 is 0. The topological polar surface area (TPSA) is 78.5 Å². The van der Waals surface area contributed by atoms with Crippen molar-refractivity contribution in [1.29, 1.82) is 0 Å². The Hall–Kier alpha value is -1.56. The van der Waals surface area contributed by atoms with E-state index >= 15 is 0 Å². The molecule has 1 aromatic rings. The van der Waals surface area contributed by atoms with E-state index in [0.29, 0.717) is 18.1 Å². The van der Waals surface area contributed by atoms with Crippen molar-refractivity contribution in [2.24, 2.45) is 0 Å². The molecule has 0 aliphatic carbocycles. The molecule has 108 valence electrons. The molecule has 3 N–H and O–H groups in total. The first-order valence-corrected chi connectivity index (χ1v) is 6.83. The third-order valence-electron chi connectivity index (χ3n) is 3.10. The zero-order valence-electron chi connectivity index (χ0n) is 12.1. The van der Waals surface area contributed by atoms with E-state index in [0.717, 1.165) is 31.7 Å². The van der Waals surface area contributed by atoms with Crippen LogP contribution in [0.1, 0.15) is 26.7 Å². The second kappa shape index (κ2) is 7.78. The first-order chi connectivity index (χ1) is 9.15. The molecule has 0 saturated heterocycles. The number of nitrogen functional groups attached to an aromatic ring is 1. The van der Waals surface area contributed by atoms with Crippen LogP contribution in [0.25, 0.3) is 0 Å². The number of aliphatic hydroxyl groups is 1. The van der Waals surface area contributed by atoms with Gasteiger partial charge in [-0.15, -0.1) is 0 Å². The van der Waals surface area contributed by atoms with E-state index in [2.05, 4.69) is 21.8 Å². The van der Waals surface area contributed by atoms with Gasteiger partial charge < -0.3 is 20.6 Å². The van der Waals surface area contributed by atoms with Crippen LogP contribution in [0.3, 0.4) is 0 Å². The highest BCUT2D eigenvalue weighted by Gasteiger charge is 2.15. The largest absolute Gasteiger partial charge is 0.395 e. The highest BCUT2D eigenvalue weighted by molar-refractivity contribution is 5.75. The van der Waals surface area contributed by atoms with Gasteiger partial charge in [-0.1, -0.05) is 13.3 Å². The van der Waals surface area contributed by atoms with Gasteiger partial charge in [0.15, 0.2) is 11.6 Å². The van der Waals surface area contributed by atoms with E-state index in [1.807, 2.05) is 18.9 Å². The van der Waals surface area contributed by atoms with Crippen LogP contribution in [0, 0.1) is 0 Å². The number of nitrogens with two attached hydrogens (primary N) is 1. The van der Waals surface area contributed by atoms with Gasteiger partial charge in [0.1, 0.15) is 12.0 Å². The number of aromatic nitrogens is 2. The van der Waals surface area contributed by atoms with Crippen molar-refractivity contribution in [1.82, 2.24) is 9.97 Å². The average molecular weight is 267 g/mol. The molecule has 0 aliphatic rings. The fourth-order valence-electron chi connectivity index (χ4n) is 1.97. The van der Waals surface area contributed by atoms with Crippen molar-refractivity contribution in [2.45, 2.75) is 26.7 Å². The second-order valence-corrected chi connectivity index (χ2v) is 4.51. The molecule has 6 heteroatoms. The normalized spacial score (nSPS) is 10.5. The SMILES string of the molecule is CCCCN(C)c1ncnc(N(CC)CCO)c1N. The average Bonchev–Trinajstić information content (AvgIpc) is 2.42. The first-order valence-electron chi connectivity index (χ1n) is 6.83. The van der Waals surface area contributed by atoms with Gasteiger partial charge in [0.2, 0.25) is 0 Å². The predicted octanol–water partition coefficient (Wildman–Crippen LogP) is 1.11. The monoisotopic (exact) mass is 267 g/mol. The van der Waals surface area contributed by atoms with E-state index in [4.69, 9.17) is 10.8 Å². The van der Waals surface area contributed by atoms with Crippen LogP contribution in [0.2, 0.25) is 0 Å². The lowest BCUT2D eigenvalue weighted by atomic mass is 10.3. The molecule has 1 rings (SSSR count). The molecule has 0 atom stereocenters. The van der Waals surface area contributed by atoms with Crippen LogP contribution in [0.4, 0.5) is 17.3 Å². The summed E-state index contributed by atoms with van der Waals surface area (Å²) in [4.78, 5) is 12.5. The highest BCUT2D eigenvalue weighted by Crippen LogP contribution is 2.28. The Labute approximate surface area is 115 Å². The van der Waals surface area contributed by atoms with Crippen LogP contribution in [-0.2, 0) is 0 Å². The second-order valence-electron chi connectivity index (χ2n) is 4.51. The van der Waals surface area contributed by atoms with Gasteiger partial charge in [-0.2, -0.15) is 0 Å². The minimum atomic E-state index is 0.0816. The maximum Gasteiger partial charge on any atom is 0.157 e. The van der Waals surface area contributed by atoms with E-state index in [1.165, 1.54) is 6.33 Å². The minimum Gasteiger partial charge on any atom is -0.395 e. The molecule has 6 nitrogen and oxygen atoms in total. The molecule has 0 aromatic carbocycles. The lowest BCUT2D eigenvalue weighted by Gasteiger charge is -2.25. The van der Waals surface area contributed by atoms with E-state index in [9.17, 15) is 0 Å². The first kappa shape index (κ1) is 15.5. The number of anilines is 3. The summed E-state index contributed by atoms with van der Waals surface area (Å²) in [6.07, 6.45) is 3.76. The summed E-state index contributed by atoms with van der Waals surface area (Å²) in [5.41, 5.74) is 6.75. The van der Waals surface area contributed by atoms with Gasteiger partial charge in [0, 0.05) is 26.7 Å². The standard InChI is InChI=1S/C13H25N5O/c1-4-6-7-17(3)12-11(14)13(16-10-15-12)18(5-2)8-9-19/h10,19H,4-9,14H2,1-3H3. The Morgan fingerprint density at radius 3 is 2.47 bits per heavy atom. The number of likely N-dealkylation sites (N-methyl/N-ethyl adjacent to an activating group) is 1. The number of hydrogen-bond donors (Lipinski definition) is 2. The molecular weight excluding hydrogens is 242 g/mol. The number of hydrogen-bond acceptors (Lipinski definition) is 6. The third kappa shape index (κ3) is 3.96. The molecule has 0 radical (unpaired) electrons. The summed E-state index contributed by atoms with van der Waals surface area (Å²) < 4.78 is 0. The van der Waals surface area contributed by atoms with Crippen molar-refractivity contribution in [2.75, 3.05) is 48.8 Å². The summed E-state index contributed by atoms with van der Waals surface area (Å²) in [6.45, 7) is 6.44. The molecule has 19 heavy (non-hydrogen) atoms. The van der Waals surface area contributed by atoms with Gasteiger partial charge >= 0.3 is 0 Å². The predicted molar refractivity (Wildman–Crippen MR) is 79.6 cm³/mol. The molecule has 1 heterocycles. The van der Waals surface area contributed by atoms with Crippen LogP contribution >= 0.6 is 0 Å². The molecule has 0 fully saturated rings. The fourth-order valence-corrected chi connectivity index (χ4v) is 1.97. The van der Waals surface area contributed by atoms with E-state index in [-0.39, 0.29) is 6.61 Å². The van der Waals surface area contributed by atoms with Crippen LogP contribution in [0.15, 0.2) is 6.33 Å². The number of aliphatic hydroxyl groups excluding tert-OH is 1. The zero-order chi connectivity index (χ0) is 14.3. The Kier molecular flexibility index (Phi) is 6.35. The van der Waals surface area contributed by atoms with Gasteiger partial charge in [-0.3, -0.25) is 0 Å². The van der Waals surface area contributed by atoms with Crippen molar-refractivity contribution < 1.29 is 5.11 Å². The van der Waals surface area contributed by atoms with E-state index < -0.39 is 0 Å². The van der Waals surface area contributed by atoms with Gasteiger partial charge in [0.25, 0.3) is 0 Å². The minimum absolute atomic E-state index is 0.0816. The van der Waals surface area contributed by atoms with Crippen molar-refractivity contribution >= 4 is 17.3 Å². The Balaban J connectivity index is 2.96. The molecule has 0 aliphatic heterocycles. The van der Waals surface area contributed by atoms with Crippen LogP contribution in [-0.4, -0.2) is 48.4 Å². The molecule has 0 saturated carbocycles. The molecule has 1 aromatic heterocycles. The zero-order valence-corrected chi connectivity index (χ0v) is 12.1. The van der Waals surface area contributed by atoms with Crippen molar-refractivity contribution in [3.8, 4) is 0 Å².